The third-order valence-electron chi connectivity index (χ3n) is 6.08. The van der Waals surface area contributed by atoms with Crippen molar-refractivity contribution in [1.82, 2.24) is 10.2 Å². The smallest absolute Gasteiger partial charge is 0.265 e. The highest BCUT2D eigenvalue weighted by atomic mass is 32.2. The van der Waals surface area contributed by atoms with Gasteiger partial charge in [-0.2, -0.15) is 0 Å². The van der Waals surface area contributed by atoms with Gasteiger partial charge in [0.25, 0.3) is 15.9 Å². The Kier molecular flexibility index (Phi) is 6.91. The molecule has 168 valence electrons. The fraction of sp³-hybridized carbons (Fsp3) is 0.435. The van der Waals surface area contributed by atoms with Crippen LogP contribution >= 0.6 is 0 Å². The molecule has 3 rings (SSSR count). The zero-order valence-corrected chi connectivity index (χ0v) is 19.4. The van der Waals surface area contributed by atoms with E-state index in [0.717, 1.165) is 31.2 Å². The Morgan fingerprint density at radius 2 is 1.74 bits per heavy atom. The normalized spacial score (nSPS) is 15.6. The number of aryl methyl sites for hydroxylation is 1. The summed E-state index contributed by atoms with van der Waals surface area (Å²) in [7, 11) is 1.53. The summed E-state index contributed by atoms with van der Waals surface area (Å²) in [6.07, 6.45) is 4.35. The second-order valence-electron chi connectivity index (χ2n) is 8.35. The molecule has 1 amide bonds. The molecule has 0 heterocycles. The predicted octanol–water partition coefficient (Wildman–Crippen LogP) is 3.41. The molecule has 1 aliphatic carbocycles. The summed E-state index contributed by atoms with van der Waals surface area (Å²) in [6, 6.07) is 11.5. The number of amides is 1. The highest BCUT2D eigenvalue weighted by molar-refractivity contribution is 7.92. The van der Waals surface area contributed by atoms with Crippen LogP contribution in [-0.4, -0.2) is 52.5 Å². The van der Waals surface area contributed by atoms with Gasteiger partial charge in [0.15, 0.2) is 0 Å². The molecule has 0 radical (unpaired) electrons. The van der Waals surface area contributed by atoms with E-state index in [1.54, 1.807) is 18.2 Å². The van der Waals surface area contributed by atoms with E-state index in [1.807, 2.05) is 33.2 Å². The average Bonchev–Trinajstić information content (AvgIpc) is 3.23. The minimum Gasteiger partial charge on any atom is -0.495 e. The summed E-state index contributed by atoms with van der Waals surface area (Å²) < 4.78 is 33.8. The lowest BCUT2D eigenvalue weighted by Gasteiger charge is -2.36. The molecule has 0 aliphatic heterocycles. The van der Waals surface area contributed by atoms with Crippen LogP contribution in [0.25, 0.3) is 0 Å². The Balaban J connectivity index is 1.82. The summed E-state index contributed by atoms with van der Waals surface area (Å²) in [6.45, 7) is 2.45. The molecule has 7 nitrogen and oxygen atoms in total. The number of anilines is 1. The van der Waals surface area contributed by atoms with E-state index >= 15 is 0 Å². The van der Waals surface area contributed by atoms with Crippen molar-refractivity contribution in [3.63, 3.8) is 0 Å². The predicted molar refractivity (Wildman–Crippen MR) is 122 cm³/mol. The van der Waals surface area contributed by atoms with Gasteiger partial charge in [0.05, 0.1) is 7.11 Å². The molecule has 1 saturated carbocycles. The minimum absolute atomic E-state index is 0.0516. The molecule has 0 atom stereocenters. The van der Waals surface area contributed by atoms with Crippen molar-refractivity contribution < 1.29 is 17.9 Å². The van der Waals surface area contributed by atoms with Crippen molar-refractivity contribution in [3.8, 4) is 5.75 Å². The van der Waals surface area contributed by atoms with Crippen molar-refractivity contribution in [2.24, 2.45) is 0 Å². The summed E-state index contributed by atoms with van der Waals surface area (Å²) in [5, 5.41) is 3.00. The van der Waals surface area contributed by atoms with E-state index in [4.69, 9.17) is 4.74 Å². The largest absolute Gasteiger partial charge is 0.495 e. The number of sulfonamides is 1. The fourth-order valence-electron chi connectivity index (χ4n) is 4.02. The van der Waals surface area contributed by atoms with E-state index in [2.05, 4.69) is 14.9 Å². The zero-order valence-electron chi connectivity index (χ0n) is 18.6. The number of methoxy groups -OCH3 is 1. The summed E-state index contributed by atoms with van der Waals surface area (Å²) in [5.41, 5.74) is 1.69. The SMILES string of the molecule is COc1ccc(C(=O)NCC2(N(C)C)CCCC2)cc1S(=O)(=O)Nc1ccc(C)cc1. The van der Waals surface area contributed by atoms with Gasteiger partial charge in [-0.1, -0.05) is 30.5 Å². The Labute approximate surface area is 184 Å². The van der Waals surface area contributed by atoms with Gasteiger partial charge in [0, 0.05) is 23.3 Å². The molecule has 1 fully saturated rings. The second kappa shape index (κ2) is 9.28. The van der Waals surface area contributed by atoms with E-state index in [0.29, 0.717) is 12.2 Å². The van der Waals surface area contributed by atoms with Crippen LogP contribution in [0.4, 0.5) is 5.69 Å². The first-order chi connectivity index (χ1) is 14.7. The number of nitrogens with zero attached hydrogens (tertiary/aromatic N) is 1. The number of hydrogen-bond acceptors (Lipinski definition) is 5. The third kappa shape index (κ3) is 5.19. The van der Waals surface area contributed by atoms with Gasteiger partial charge in [0.2, 0.25) is 0 Å². The topological polar surface area (TPSA) is 87.7 Å². The first-order valence-electron chi connectivity index (χ1n) is 10.4. The standard InChI is InChI=1S/C23H31N3O4S/c1-17-7-10-19(11-8-17)25-31(28,29)21-15-18(9-12-20(21)30-4)22(27)24-16-23(26(2)3)13-5-6-14-23/h7-12,15,25H,5-6,13-14,16H2,1-4H3,(H,24,27). The van der Waals surface area contributed by atoms with E-state index in [-0.39, 0.29) is 27.7 Å². The van der Waals surface area contributed by atoms with Crippen LogP contribution in [0.5, 0.6) is 5.75 Å². The maximum absolute atomic E-state index is 13.0. The Hall–Kier alpha value is -2.58. The quantitative estimate of drug-likeness (QED) is 0.650. The van der Waals surface area contributed by atoms with Gasteiger partial charge in [-0.05, 0) is 64.2 Å². The first-order valence-corrected chi connectivity index (χ1v) is 11.9. The number of ether oxygens (including phenoxy) is 1. The number of benzene rings is 2. The molecular weight excluding hydrogens is 414 g/mol. The minimum atomic E-state index is -3.94. The monoisotopic (exact) mass is 445 g/mol. The Morgan fingerprint density at radius 3 is 2.32 bits per heavy atom. The van der Waals surface area contributed by atoms with Crippen LogP contribution in [0, 0.1) is 6.92 Å². The molecule has 0 saturated heterocycles. The van der Waals surface area contributed by atoms with Crippen LogP contribution in [-0.2, 0) is 10.0 Å². The highest BCUT2D eigenvalue weighted by Crippen LogP contribution is 2.33. The van der Waals surface area contributed by atoms with Crippen molar-refractivity contribution >= 4 is 21.6 Å². The van der Waals surface area contributed by atoms with E-state index in [9.17, 15) is 13.2 Å². The number of carbonyl (C=O) groups excluding carboxylic acids is 1. The molecule has 2 aromatic carbocycles. The maximum Gasteiger partial charge on any atom is 0.265 e. The lowest BCUT2D eigenvalue weighted by atomic mass is 9.96. The van der Waals surface area contributed by atoms with Gasteiger partial charge < -0.3 is 15.0 Å². The molecule has 0 unspecified atom stereocenters. The van der Waals surface area contributed by atoms with Crippen LogP contribution in [0.2, 0.25) is 0 Å². The summed E-state index contributed by atoms with van der Waals surface area (Å²) >= 11 is 0. The number of rotatable bonds is 8. The molecule has 0 bridgehead atoms. The van der Waals surface area contributed by atoms with Gasteiger partial charge >= 0.3 is 0 Å². The zero-order chi connectivity index (χ0) is 22.6. The van der Waals surface area contributed by atoms with Gasteiger partial charge in [-0.3, -0.25) is 9.52 Å². The number of nitrogens with one attached hydrogen (secondary N) is 2. The summed E-state index contributed by atoms with van der Waals surface area (Å²) in [4.78, 5) is 15.0. The van der Waals surface area contributed by atoms with Crippen LogP contribution in [0.15, 0.2) is 47.4 Å². The molecule has 0 aromatic heterocycles. The fourth-order valence-corrected chi connectivity index (χ4v) is 5.28. The lowest BCUT2D eigenvalue weighted by Crippen LogP contribution is -2.50. The van der Waals surface area contributed by atoms with Crippen molar-refractivity contribution in [1.29, 1.82) is 0 Å². The second-order valence-corrected chi connectivity index (χ2v) is 10.00. The first kappa shape index (κ1) is 23.1. The van der Waals surface area contributed by atoms with Crippen molar-refractivity contribution in [2.75, 3.05) is 32.5 Å². The average molecular weight is 446 g/mol. The van der Waals surface area contributed by atoms with Crippen LogP contribution < -0.4 is 14.8 Å². The molecule has 0 spiro atoms. The number of hydrogen-bond donors (Lipinski definition) is 2. The van der Waals surface area contributed by atoms with Crippen LogP contribution in [0.1, 0.15) is 41.6 Å². The van der Waals surface area contributed by atoms with E-state index in [1.165, 1.54) is 19.2 Å². The van der Waals surface area contributed by atoms with Gasteiger partial charge in [0.1, 0.15) is 10.6 Å². The molecule has 31 heavy (non-hydrogen) atoms. The highest BCUT2D eigenvalue weighted by Gasteiger charge is 2.36. The number of likely N-dealkylation sites (N-methyl/N-ethyl adjacent to an activating group) is 1. The Bertz CT molecular complexity index is 1030. The maximum atomic E-state index is 13.0. The third-order valence-corrected chi connectivity index (χ3v) is 7.48. The summed E-state index contributed by atoms with van der Waals surface area (Å²) in [5.74, 6) is -0.126. The number of carbonyl (C=O) groups is 1. The molecule has 1 aliphatic rings. The lowest BCUT2D eigenvalue weighted by molar-refractivity contribution is 0.0899. The van der Waals surface area contributed by atoms with Gasteiger partial charge in [-0.15, -0.1) is 0 Å². The van der Waals surface area contributed by atoms with Crippen molar-refractivity contribution in [3.05, 3.63) is 53.6 Å². The Morgan fingerprint density at radius 1 is 1.10 bits per heavy atom. The van der Waals surface area contributed by atoms with Crippen LogP contribution in [0.3, 0.4) is 0 Å². The molecule has 8 heteroatoms. The van der Waals surface area contributed by atoms with E-state index < -0.39 is 10.0 Å². The molecular formula is C23H31N3O4S. The van der Waals surface area contributed by atoms with Gasteiger partial charge in [-0.25, -0.2) is 8.42 Å². The molecule has 2 aromatic rings. The molecule has 2 N–H and O–H groups in total. The van der Waals surface area contributed by atoms with Crippen molar-refractivity contribution in [2.45, 2.75) is 43.0 Å².